The van der Waals surface area contributed by atoms with Crippen molar-refractivity contribution in [3.05, 3.63) is 49.6 Å². The van der Waals surface area contributed by atoms with Crippen LogP contribution in [0.2, 0.25) is 5.02 Å². The number of hydrogen-bond acceptors (Lipinski definition) is 3. The van der Waals surface area contributed by atoms with Gasteiger partial charge in [-0.25, -0.2) is 0 Å². The van der Waals surface area contributed by atoms with Crippen LogP contribution in [0.1, 0.15) is 15.2 Å². The normalized spacial score (nSPS) is 10.5. The van der Waals surface area contributed by atoms with E-state index in [0.717, 1.165) is 14.2 Å². The molecule has 0 fully saturated rings. The van der Waals surface area contributed by atoms with E-state index in [1.165, 1.54) is 11.3 Å². The molecule has 0 aliphatic rings. The van der Waals surface area contributed by atoms with Crippen LogP contribution >= 0.6 is 38.9 Å². The lowest BCUT2D eigenvalue weighted by Gasteiger charge is -2.17. The number of benzene rings is 1. The maximum Gasteiger partial charge on any atom is 0.263 e. The number of para-hydroxylation sites is 1. The van der Waals surface area contributed by atoms with Crippen molar-refractivity contribution in [2.75, 3.05) is 20.2 Å². The quantitative estimate of drug-likeness (QED) is 0.748. The molecule has 0 atom stereocenters. The van der Waals surface area contributed by atoms with Gasteiger partial charge >= 0.3 is 0 Å². The first-order valence-corrected chi connectivity index (χ1v) is 8.36. The number of nitrogens with zero attached hydrogens (tertiary/aromatic N) is 1. The minimum absolute atomic E-state index is 0.00319. The van der Waals surface area contributed by atoms with Gasteiger partial charge in [0.2, 0.25) is 0 Å². The van der Waals surface area contributed by atoms with Gasteiger partial charge in [0.25, 0.3) is 5.91 Å². The SMILES string of the molecule is Cc1cc(C(=O)N(C)CCOc2ccccc2Cl)sc1Br. The molecule has 3 nitrogen and oxygen atoms in total. The van der Waals surface area contributed by atoms with Crippen LogP contribution in [-0.4, -0.2) is 31.0 Å². The zero-order valence-electron chi connectivity index (χ0n) is 11.7. The molecule has 21 heavy (non-hydrogen) atoms. The number of halogens is 2. The molecular formula is C15H15BrClNO2S. The summed E-state index contributed by atoms with van der Waals surface area (Å²) in [6.07, 6.45) is 0. The van der Waals surface area contributed by atoms with Crippen LogP contribution in [0, 0.1) is 6.92 Å². The average molecular weight is 389 g/mol. The number of amides is 1. The van der Waals surface area contributed by atoms with E-state index in [1.54, 1.807) is 18.0 Å². The molecule has 1 aromatic carbocycles. The number of carbonyl (C=O) groups excluding carboxylic acids is 1. The third-order valence-corrected chi connectivity index (χ3v) is 5.37. The van der Waals surface area contributed by atoms with Crippen molar-refractivity contribution in [2.24, 2.45) is 0 Å². The van der Waals surface area contributed by atoms with E-state index in [-0.39, 0.29) is 5.91 Å². The van der Waals surface area contributed by atoms with E-state index >= 15 is 0 Å². The highest BCUT2D eigenvalue weighted by molar-refractivity contribution is 9.11. The molecule has 1 amide bonds. The summed E-state index contributed by atoms with van der Waals surface area (Å²) in [5.41, 5.74) is 1.07. The first-order chi connectivity index (χ1) is 9.99. The topological polar surface area (TPSA) is 29.5 Å². The second-order valence-electron chi connectivity index (χ2n) is 4.57. The lowest BCUT2D eigenvalue weighted by atomic mass is 10.3. The summed E-state index contributed by atoms with van der Waals surface area (Å²) in [5.74, 6) is 0.631. The van der Waals surface area contributed by atoms with Crippen LogP contribution in [-0.2, 0) is 0 Å². The maximum atomic E-state index is 12.3. The monoisotopic (exact) mass is 387 g/mol. The fourth-order valence-electron chi connectivity index (χ4n) is 1.71. The number of hydrogen-bond donors (Lipinski definition) is 0. The van der Waals surface area contributed by atoms with E-state index in [9.17, 15) is 4.79 Å². The molecule has 0 saturated heterocycles. The molecule has 1 heterocycles. The molecule has 2 rings (SSSR count). The van der Waals surface area contributed by atoms with Gasteiger partial charge in [0.15, 0.2) is 0 Å². The lowest BCUT2D eigenvalue weighted by molar-refractivity contribution is 0.0778. The van der Waals surface area contributed by atoms with Gasteiger partial charge in [0, 0.05) is 7.05 Å². The van der Waals surface area contributed by atoms with Gasteiger partial charge in [0.1, 0.15) is 12.4 Å². The highest BCUT2D eigenvalue weighted by Gasteiger charge is 2.15. The molecule has 0 bridgehead atoms. The third kappa shape index (κ3) is 4.22. The van der Waals surface area contributed by atoms with E-state index in [2.05, 4.69) is 15.9 Å². The van der Waals surface area contributed by atoms with Crippen molar-refractivity contribution in [1.82, 2.24) is 4.90 Å². The van der Waals surface area contributed by atoms with Crippen molar-refractivity contribution in [3.63, 3.8) is 0 Å². The Morgan fingerprint density at radius 1 is 1.43 bits per heavy atom. The first-order valence-electron chi connectivity index (χ1n) is 6.37. The summed E-state index contributed by atoms with van der Waals surface area (Å²) >= 11 is 10.9. The van der Waals surface area contributed by atoms with Gasteiger partial charge < -0.3 is 9.64 Å². The summed E-state index contributed by atoms with van der Waals surface area (Å²) in [7, 11) is 1.77. The van der Waals surface area contributed by atoms with Crippen molar-refractivity contribution in [2.45, 2.75) is 6.92 Å². The Morgan fingerprint density at radius 2 is 2.14 bits per heavy atom. The van der Waals surface area contributed by atoms with Crippen molar-refractivity contribution < 1.29 is 9.53 Å². The molecule has 0 radical (unpaired) electrons. The summed E-state index contributed by atoms with van der Waals surface area (Å²) in [4.78, 5) is 14.6. The van der Waals surface area contributed by atoms with Gasteiger partial charge in [-0.2, -0.15) is 0 Å². The van der Waals surface area contributed by atoms with Crippen molar-refractivity contribution >= 4 is 44.8 Å². The van der Waals surface area contributed by atoms with Crippen LogP contribution < -0.4 is 4.74 Å². The Kier molecular flexibility index (Phi) is 5.67. The molecule has 1 aromatic heterocycles. The van der Waals surface area contributed by atoms with E-state index in [1.807, 2.05) is 31.2 Å². The van der Waals surface area contributed by atoms with Crippen molar-refractivity contribution in [3.8, 4) is 5.75 Å². The number of aryl methyl sites for hydroxylation is 1. The second-order valence-corrected chi connectivity index (χ2v) is 7.35. The Morgan fingerprint density at radius 3 is 2.76 bits per heavy atom. The standard InChI is InChI=1S/C15H15BrClNO2S/c1-10-9-13(21-14(10)16)15(19)18(2)7-8-20-12-6-4-3-5-11(12)17/h3-6,9H,7-8H2,1-2H3. The van der Waals surface area contributed by atoms with E-state index in [4.69, 9.17) is 16.3 Å². The Labute approximate surface area is 141 Å². The van der Waals surface area contributed by atoms with Crippen LogP contribution in [0.5, 0.6) is 5.75 Å². The number of carbonyl (C=O) groups is 1. The van der Waals surface area contributed by atoms with E-state index in [0.29, 0.717) is 23.9 Å². The average Bonchev–Trinajstić information content (AvgIpc) is 2.80. The van der Waals surface area contributed by atoms with Gasteiger partial charge in [0.05, 0.1) is 20.2 Å². The fraction of sp³-hybridized carbons (Fsp3) is 0.267. The summed E-state index contributed by atoms with van der Waals surface area (Å²) < 4.78 is 6.58. The predicted octanol–water partition coefficient (Wildman–Crippen LogP) is 4.62. The number of likely N-dealkylation sites (N-methyl/N-ethyl adjacent to an activating group) is 1. The Bertz CT molecular complexity index is 625. The van der Waals surface area contributed by atoms with Crippen LogP contribution in [0.4, 0.5) is 0 Å². The lowest BCUT2D eigenvalue weighted by Crippen LogP contribution is -2.30. The van der Waals surface area contributed by atoms with Crippen LogP contribution in [0.25, 0.3) is 0 Å². The number of thiophene rings is 1. The zero-order chi connectivity index (χ0) is 15.4. The molecular weight excluding hydrogens is 374 g/mol. The minimum Gasteiger partial charge on any atom is -0.490 e. The third-order valence-electron chi connectivity index (χ3n) is 2.94. The van der Waals surface area contributed by atoms with Gasteiger partial charge in [-0.05, 0) is 46.6 Å². The highest BCUT2D eigenvalue weighted by Crippen LogP contribution is 2.28. The van der Waals surface area contributed by atoms with Gasteiger partial charge in [-0.15, -0.1) is 11.3 Å². The largest absolute Gasteiger partial charge is 0.490 e. The van der Waals surface area contributed by atoms with Gasteiger partial charge in [-0.1, -0.05) is 23.7 Å². The summed E-state index contributed by atoms with van der Waals surface area (Å²) in [5, 5.41) is 0.573. The van der Waals surface area contributed by atoms with Crippen LogP contribution in [0.3, 0.4) is 0 Å². The second kappa shape index (κ2) is 7.29. The Hall–Kier alpha value is -1.04. The first kappa shape index (κ1) is 16.3. The molecule has 0 aliphatic carbocycles. The Balaban J connectivity index is 1.88. The molecule has 0 N–H and O–H groups in total. The minimum atomic E-state index is -0.00319. The zero-order valence-corrected chi connectivity index (χ0v) is 14.9. The molecule has 0 spiro atoms. The van der Waals surface area contributed by atoms with Crippen LogP contribution in [0.15, 0.2) is 34.1 Å². The molecule has 0 saturated carbocycles. The number of rotatable bonds is 5. The highest BCUT2D eigenvalue weighted by atomic mass is 79.9. The molecule has 112 valence electrons. The fourth-order valence-corrected chi connectivity index (χ4v) is 3.43. The molecule has 2 aromatic rings. The summed E-state index contributed by atoms with van der Waals surface area (Å²) in [6.45, 7) is 2.87. The molecule has 0 unspecified atom stereocenters. The smallest absolute Gasteiger partial charge is 0.263 e. The maximum absolute atomic E-state index is 12.3. The number of ether oxygens (including phenoxy) is 1. The van der Waals surface area contributed by atoms with E-state index < -0.39 is 0 Å². The molecule has 0 aliphatic heterocycles. The predicted molar refractivity (Wildman–Crippen MR) is 90.7 cm³/mol. The van der Waals surface area contributed by atoms with Gasteiger partial charge in [-0.3, -0.25) is 4.79 Å². The molecule has 6 heteroatoms. The summed E-state index contributed by atoms with van der Waals surface area (Å²) in [6, 6.07) is 9.19. The van der Waals surface area contributed by atoms with Crippen molar-refractivity contribution in [1.29, 1.82) is 0 Å².